The lowest BCUT2D eigenvalue weighted by molar-refractivity contribution is -0.137. The number of amides is 3. The highest BCUT2D eigenvalue weighted by atomic mass is 32.2. The zero-order valence-corrected chi connectivity index (χ0v) is 21.1. The Morgan fingerprint density at radius 3 is 2.59 bits per heavy atom. The van der Waals surface area contributed by atoms with Gasteiger partial charge < -0.3 is 10.0 Å². The smallest absolute Gasteiger partial charge is 0.327 e. The second-order valence-electron chi connectivity index (χ2n) is 9.65. The number of nitrogens with one attached hydrogen (secondary N) is 2. The largest absolute Gasteiger partial charge is 0.396 e. The number of urea groups is 1. The zero-order chi connectivity index (χ0) is 24.2. The number of nitrogens with zero attached hydrogens (tertiary/aromatic N) is 2. The Balaban J connectivity index is 1.63. The maximum atomic E-state index is 13.1. The van der Waals surface area contributed by atoms with Crippen LogP contribution in [0.2, 0.25) is 0 Å². The molecule has 2 fully saturated rings. The number of benzene rings is 2. The monoisotopic (exact) mass is 484 g/mol. The first-order valence-corrected chi connectivity index (χ1v) is 13.2. The number of piperazine rings is 1. The zero-order valence-electron chi connectivity index (χ0n) is 20.2. The molecule has 4 atom stereocenters. The predicted octanol–water partition coefficient (Wildman–Crippen LogP) is 3.02. The number of hydrogen-bond acceptors (Lipinski definition) is 6. The van der Waals surface area contributed by atoms with Gasteiger partial charge >= 0.3 is 6.03 Å². The number of hydrogen-bond donors (Lipinski definition) is 3. The number of carbonyl (C=O) groups excluding carboxylic acids is 2. The van der Waals surface area contributed by atoms with Crippen molar-refractivity contribution in [3.05, 3.63) is 48.0 Å². The molecule has 4 rings (SSSR count). The van der Waals surface area contributed by atoms with Gasteiger partial charge in [0.05, 0.1) is 5.37 Å². The number of imide groups is 1. The Kier molecular flexibility index (Phi) is 8.14. The summed E-state index contributed by atoms with van der Waals surface area (Å²) in [5.41, 5.74) is 1.25. The number of fused-ring (bicyclic) bond motifs is 2. The highest BCUT2D eigenvalue weighted by Crippen LogP contribution is 2.29. The SMILES string of the molecule is CC(C)CN1C(=O)N(C)C(=O)C2NC(SCCCCO)C(Cc3cccc4ccccc34)NC21. The summed E-state index contributed by atoms with van der Waals surface area (Å²) in [6, 6.07) is 14.1. The van der Waals surface area contributed by atoms with Gasteiger partial charge in [-0.05, 0) is 47.3 Å². The molecule has 0 aliphatic carbocycles. The van der Waals surface area contributed by atoms with Gasteiger partial charge in [0.25, 0.3) is 5.91 Å². The van der Waals surface area contributed by atoms with Crippen LogP contribution in [0.15, 0.2) is 42.5 Å². The van der Waals surface area contributed by atoms with Crippen molar-refractivity contribution in [1.82, 2.24) is 20.4 Å². The molecule has 8 heteroatoms. The molecule has 34 heavy (non-hydrogen) atoms. The fourth-order valence-corrected chi connectivity index (χ4v) is 6.20. The van der Waals surface area contributed by atoms with Crippen molar-refractivity contribution in [2.45, 2.75) is 56.7 Å². The van der Waals surface area contributed by atoms with Crippen LogP contribution >= 0.6 is 11.8 Å². The summed E-state index contributed by atoms with van der Waals surface area (Å²) in [7, 11) is 1.57. The average Bonchev–Trinajstić information content (AvgIpc) is 2.83. The minimum Gasteiger partial charge on any atom is -0.396 e. The molecule has 0 bridgehead atoms. The molecule has 0 radical (unpaired) electrons. The van der Waals surface area contributed by atoms with E-state index in [0.29, 0.717) is 6.54 Å². The van der Waals surface area contributed by atoms with Gasteiger partial charge in [-0.25, -0.2) is 4.79 Å². The van der Waals surface area contributed by atoms with Crippen LogP contribution < -0.4 is 10.6 Å². The lowest BCUT2D eigenvalue weighted by Gasteiger charge is -2.51. The van der Waals surface area contributed by atoms with Crippen LogP contribution in [-0.4, -0.2) is 76.4 Å². The molecular formula is C26H36N4O3S. The lowest BCUT2D eigenvalue weighted by atomic mass is 9.95. The summed E-state index contributed by atoms with van der Waals surface area (Å²) in [5, 5.41) is 18.9. The highest BCUT2D eigenvalue weighted by Gasteiger charge is 2.50. The summed E-state index contributed by atoms with van der Waals surface area (Å²) in [5.74, 6) is 0.990. The van der Waals surface area contributed by atoms with Crippen LogP contribution in [0.3, 0.4) is 0 Å². The fraction of sp³-hybridized carbons (Fsp3) is 0.538. The third-order valence-electron chi connectivity index (χ3n) is 6.61. The van der Waals surface area contributed by atoms with E-state index in [1.165, 1.54) is 21.2 Å². The van der Waals surface area contributed by atoms with E-state index in [0.717, 1.165) is 25.0 Å². The Labute approximate surface area is 206 Å². The van der Waals surface area contributed by atoms with Crippen LogP contribution in [0.4, 0.5) is 4.79 Å². The van der Waals surface area contributed by atoms with E-state index in [1.807, 2.05) is 4.90 Å². The van der Waals surface area contributed by atoms with Crippen LogP contribution in [0, 0.1) is 5.92 Å². The molecule has 3 N–H and O–H groups in total. The number of rotatable bonds is 9. The topological polar surface area (TPSA) is 84.9 Å². The third kappa shape index (κ3) is 5.25. The molecule has 2 heterocycles. The van der Waals surface area contributed by atoms with Gasteiger partial charge in [0.15, 0.2) is 0 Å². The Bertz CT molecular complexity index is 1010. The summed E-state index contributed by atoms with van der Waals surface area (Å²) in [6.07, 6.45) is 2.09. The summed E-state index contributed by atoms with van der Waals surface area (Å²) in [4.78, 5) is 29.2. The van der Waals surface area contributed by atoms with Crippen molar-refractivity contribution in [3.63, 3.8) is 0 Å². The van der Waals surface area contributed by atoms with E-state index < -0.39 is 6.04 Å². The van der Waals surface area contributed by atoms with E-state index in [1.54, 1.807) is 18.8 Å². The Morgan fingerprint density at radius 2 is 1.82 bits per heavy atom. The predicted molar refractivity (Wildman–Crippen MR) is 138 cm³/mol. The number of unbranched alkanes of at least 4 members (excludes halogenated alkanes) is 1. The van der Waals surface area contributed by atoms with Crippen LogP contribution in [0.1, 0.15) is 32.3 Å². The molecule has 2 saturated heterocycles. The maximum Gasteiger partial charge on any atom is 0.327 e. The Hall–Kier alpha value is -2.13. The minimum absolute atomic E-state index is 0.00497. The molecular weight excluding hydrogens is 448 g/mol. The number of likely N-dealkylation sites (N-methyl/N-ethyl adjacent to an activating group) is 1. The van der Waals surface area contributed by atoms with Gasteiger partial charge in [-0.1, -0.05) is 56.3 Å². The molecule has 184 valence electrons. The first-order valence-electron chi connectivity index (χ1n) is 12.2. The van der Waals surface area contributed by atoms with E-state index in [4.69, 9.17) is 5.11 Å². The van der Waals surface area contributed by atoms with E-state index >= 15 is 0 Å². The highest BCUT2D eigenvalue weighted by molar-refractivity contribution is 7.99. The number of thioether (sulfide) groups is 1. The molecule has 2 aliphatic rings. The third-order valence-corrected chi connectivity index (χ3v) is 7.95. The number of aliphatic hydroxyl groups is 1. The molecule has 4 unspecified atom stereocenters. The summed E-state index contributed by atoms with van der Waals surface area (Å²) >= 11 is 1.79. The van der Waals surface area contributed by atoms with Crippen molar-refractivity contribution < 1.29 is 14.7 Å². The standard InChI is InChI=1S/C26H36N4O3S/c1-17(2)16-30-23-22(25(32)29(3)26(30)33)28-24(34-14-7-6-13-31)21(27-23)15-19-11-8-10-18-9-4-5-12-20(18)19/h4-5,8-12,17,21-24,27-28,31H,6-7,13-16H2,1-3H3. The quantitative estimate of drug-likeness (QED) is 0.475. The number of carbonyl (C=O) groups is 2. The molecule has 0 saturated carbocycles. The maximum absolute atomic E-state index is 13.1. The lowest BCUT2D eigenvalue weighted by Crippen LogP contribution is -2.78. The van der Waals surface area contributed by atoms with Gasteiger partial charge in [0.1, 0.15) is 12.2 Å². The average molecular weight is 485 g/mol. The van der Waals surface area contributed by atoms with Gasteiger partial charge in [-0.2, -0.15) is 0 Å². The fourth-order valence-electron chi connectivity index (χ4n) is 4.92. The van der Waals surface area contributed by atoms with Gasteiger partial charge in [0.2, 0.25) is 0 Å². The van der Waals surface area contributed by atoms with Gasteiger partial charge in [0, 0.05) is 26.2 Å². The van der Waals surface area contributed by atoms with E-state index in [2.05, 4.69) is 66.9 Å². The van der Waals surface area contributed by atoms with Gasteiger partial charge in [-0.3, -0.25) is 20.3 Å². The first-order chi connectivity index (χ1) is 16.4. The molecule has 2 aliphatic heterocycles. The summed E-state index contributed by atoms with van der Waals surface area (Å²) < 4.78 is 0. The van der Waals surface area contributed by atoms with Crippen molar-refractivity contribution in [2.75, 3.05) is 26.0 Å². The second kappa shape index (κ2) is 11.1. The van der Waals surface area contributed by atoms with Crippen LogP contribution in [0.5, 0.6) is 0 Å². The van der Waals surface area contributed by atoms with Crippen molar-refractivity contribution in [1.29, 1.82) is 0 Å². The van der Waals surface area contributed by atoms with Crippen LogP contribution in [0.25, 0.3) is 10.8 Å². The molecule has 2 aromatic rings. The normalized spacial score (nSPS) is 25.3. The van der Waals surface area contributed by atoms with Crippen molar-refractivity contribution >= 4 is 34.5 Å². The minimum atomic E-state index is -0.486. The van der Waals surface area contributed by atoms with Crippen LogP contribution in [-0.2, 0) is 11.2 Å². The Morgan fingerprint density at radius 1 is 1.06 bits per heavy atom. The molecule has 0 aromatic heterocycles. The molecule has 0 spiro atoms. The molecule has 3 amide bonds. The second-order valence-corrected chi connectivity index (χ2v) is 10.9. The van der Waals surface area contributed by atoms with E-state index in [-0.39, 0.29) is 42.0 Å². The molecule has 2 aromatic carbocycles. The van der Waals surface area contributed by atoms with Gasteiger partial charge in [-0.15, -0.1) is 11.8 Å². The number of aliphatic hydroxyl groups excluding tert-OH is 1. The van der Waals surface area contributed by atoms with Crippen molar-refractivity contribution in [2.24, 2.45) is 5.92 Å². The molecule has 7 nitrogen and oxygen atoms in total. The van der Waals surface area contributed by atoms with Crippen molar-refractivity contribution in [3.8, 4) is 0 Å². The van der Waals surface area contributed by atoms with E-state index in [9.17, 15) is 9.59 Å². The first kappa shape index (κ1) is 25.0. The summed E-state index contributed by atoms with van der Waals surface area (Å²) in [6.45, 7) is 4.95.